The molecule has 1 aromatic carbocycles. The topological polar surface area (TPSA) is 9.23 Å². The smallest absolute Gasteiger partial charge is 0.165 e. The van der Waals surface area contributed by atoms with E-state index in [9.17, 15) is 13.2 Å². The van der Waals surface area contributed by atoms with Crippen molar-refractivity contribution in [3.63, 3.8) is 0 Å². The summed E-state index contributed by atoms with van der Waals surface area (Å²) in [5, 5.41) is 0. The molecule has 0 radical (unpaired) electrons. The maximum Gasteiger partial charge on any atom is 0.165 e. The Bertz CT molecular complexity index is 660. The van der Waals surface area contributed by atoms with E-state index < -0.39 is 6.17 Å². The first-order chi connectivity index (χ1) is 16.5. The Balaban J connectivity index is 0.000000192. The normalized spacial score (nSPS) is 31.9. The number of hydrogen-bond acceptors (Lipinski definition) is 1. The van der Waals surface area contributed by atoms with E-state index in [2.05, 4.69) is 6.92 Å². The van der Waals surface area contributed by atoms with Gasteiger partial charge in [0.1, 0.15) is 6.17 Å². The van der Waals surface area contributed by atoms with Gasteiger partial charge in [0, 0.05) is 0 Å². The van der Waals surface area contributed by atoms with Gasteiger partial charge in [0.2, 0.25) is 0 Å². The highest BCUT2D eigenvalue weighted by molar-refractivity contribution is 5.31. The highest BCUT2D eigenvalue weighted by Crippen LogP contribution is 2.42. The molecule has 1 nitrogen and oxygen atoms in total. The molecule has 3 aliphatic rings. The van der Waals surface area contributed by atoms with Crippen LogP contribution in [0.15, 0.2) is 18.2 Å². The summed E-state index contributed by atoms with van der Waals surface area (Å²) < 4.78 is 43.7. The fourth-order valence-electron chi connectivity index (χ4n) is 6.78. The molecule has 1 aromatic rings. The number of benzene rings is 1. The van der Waals surface area contributed by atoms with Crippen molar-refractivity contribution in [1.82, 2.24) is 0 Å². The van der Waals surface area contributed by atoms with E-state index in [-0.39, 0.29) is 18.2 Å². The van der Waals surface area contributed by atoms with Gasteiger partial charge in [0.15, 0.2) is 11.6 Å². The zero-order chi connectivity index (χ0) is 24.3. The minimum Gasteiger partial charge on any atom is -0.494 e. The van der Waals surface area contributed by atoms with Crippen LogP contribution in [0.3, 0.4) is 0 Å². The molecule has 3 fully saturated rings. The fraction of sp³-hybridized carbons (Fsp3) is 0.800. The van der Waals surface area contributed by atoms with Crippen molar-refractivity contribution < 1.29 is 17.9 Å². The van der Waals surface area contributed by atoms with Crippen LogP contribution in [0.25, 0.3) is 0 Å². The van der Waals surface area contributed by atoms with Gasteiger partial charge in [-0.05, 0) is 105 Å². The van der Waals surface area contributed by atoms with Crippen LogP contribution in [0.2, 0.25) is 0 Å². The lowest BCUT2D eigenvalue weighted by Crippen LogP contribution is -2.26. The summed E-state index contributed by atoms with van der Waals surface area (Å²) in [7, 11) is 1.45. The lowest BCUT2D eigenvalue weighted by molar-refractivity contribution is 0.138. The first-order valence-corrected chi connectivity index (χ1v) is 14.1. The molecule has 0 spiro atoms. The van der Waals surface area contributed by atoms with Crippen LogP contribution >= 0.6 is 0 Å². The van der Waals surface area contributed by atoms with E-state index >= 15 is 0 Å². The summed E-state index contributed by atoms with van der Waals surface area (Å²) >= 11 is 0. The molecule has 4 rings (SSSR count). The number of hydrogen-bond donors (Lipinski definition) is 0. The molecule has 3 saturated carbocycles. The molecule has 3 aliphatic carbocycles. The van der Waals surface area contributed by atoms with Crippen molar-refractivity contribution in [3.05, 3.63) is 29.6 Å². The molecule has 0 bridgehead atoms. The van der Waals surface area contributed by atoms with Crippen molar-refractivity contribution in [2.24, 2.45) is 23.7 Å². The standard InChI is InChI=1S/C17H31F.C13H16F2O/c1-2-3-14-4-8-16(9-5-14)17-10-6-15(7-11-17)12-13-18;1-16-13-7-4-10(8-12(13)15)9-2-5-11(14)6-3-9/h14-17H,2-13H2,1H3;4,7-9,11H,2-3,5-6H2,1H3. The summed E-state index contributed by atoms with van der Waals surface area (Å²) in [5.41, 5.74) is 0.963. The van der Waals surface area contributed by atoms with Gasteiger partial charge >= 0.3 is 0 Å². The maximum absolute atomic E-state index is 13.5. The molecular formula is C30H47F3O. The van der Waals surface area contributed by atoms with Gasteiger partial charge in [-0.2, -0.15) is 0 Å². The van der Waals surface area contributed by atoms with Crippen molar-refractivity contribution in [2.75, 3.05) is 13.8 Å². The van der Waals surface area contributed by atoms with Crippen LogP contribution in [0, 0.1) is 29.5 Å². The van der Waals surface area contributed by atoms with Crippen LogP contribution in [-0.4, -0.2) is 20.0 Å². The lowest BCUT2D eigenvalue weighted by atomic mass is 9.68. The number of methoxy groups -OCH3 is 1. The number of halogens is 3. The molecule has 4 heteroatoms. The largest absolute Gasteiger partial charge is 0.494 e. The summed E-state index contributed by atoms with van der Waals surface area (Å²) in [4.78, 5) is 0. The molecular weight excluding hydrogens is 433 g/mol. The minimum atomic E-state index is -0.667. The average Bonchev–Trinajstić information content (AvgIpc) is 2.86. The first-order valence-electron chi connectivity index (χ1n) is 14.1. The fourth-order valence-corrected chi connectivity index (χ4v) is 6.78. The predicted molar refractivity (Wildman–Crippen MR) is 135 cm³/mol. The number of ether oxygens (including phenoxy) is 1. The SMILES string of the molecule is CCCC1CCC(C2CCC(CCF)CC2)CC1.COc1ccc(C2CCC(F)CC2)cc1F. The molecule has 0 saturated heterocycles. The quantitative estimate of drug-likeness (QED) is 0.377. The van der Waals surface area contributed by atoms with Gasteiger partial charge in [0.05, 0.1) is 13.8 Å². The molecule has 0 unspecified atom stereocenters. The van der Waals surface area contributed by atoms with Gasteiger partial charge in [-0.3, -0.25) is 4.39 Å². The Labute approximate surface area is 206 Å². The Hall–Kier alpha value is -1.19. The monoisotopic (exact) mass is 480 g/mol. The van der Waals surface area contributed by atoms with Crippen LogP contribution in [0.4, 0.5) is 13.2 Å². The zero-order valence-corrected chi connectivity index (χ0v) is 21.6. The Kier molecular flexibility index (Phi) is 11.6. The second kappa shape index (κ2) is 14.4. The highest BCUT2D eigenvalue weighted by Gasteiger charge is 2.30. The molecule has 0 aromatic heterocycles. The van der Waals surface area contributed by atoms with Gasteiger partial charge in [0.25, 0.3) is 0 Å². The average molecular weight is 481 g/mol. The number of rotatable bonds is 7. The van der Waals surface area contributed by atoms with E-state index in [0.717, 1.165) is 42.6 Å². The van der Waals surface area contributed by atoms with Crippen molar-refractivity contribution >= 4 is 0 Å². The van der Waals surface area contributed by atoms with Crippen molar-refractivity contribution in [3.8, 4) is 5.75 Å². The number of alkyl halides is 2. The zero-order valence-electron chi connectivity index (χ0n) is 21.6. The third-order valence-corrected chi connectivity index (χ3v) is 8.97. The maximum atomic E-state index is 13.5. The minimum absolute atomic E-state index is 0.0997. The van der Waals surface area contributed by atoms with Crippen LogP contribution < -0.4 is 4.74 Å². The van der Waals surface area contributed by atoms with Gasteiger partial charge in [-0.1, -0.05) is 51.5 Å². The third-order valence-electron chi connectivity index (χ3n) is 8.97. The van der Waals surface area contributed by atoms with Gasteiger partial charge in [-0.15, -0.1) is 0 Å². The van der Waals surface area contributed by atoms with Crippen molar-refractivity contribution in [2.45, 2.75) is 115 Å². The van der Waals surface area contributed by atoms with E-state index in [1.54, 1.807) is 6.07 Å². The summed E-state index contributed by atoms with van der Waals surface area (Å²) in [6.07, 6.45) is 17.2. The molecule has 0 aliphatic heterocycles. The van der Waals surface area contributed by atoms with Crippen molar-refractivity contribution in [1.29, 1.82) is 0 Å². The Morgan fingerprint density at radius 1 is 0.794 bits per heavy atom. The van der Waals surface area contributed by atoms with Crippen LogP contribution in [-0.2, 0) is 0 Å². The summed E-state index contributed by atoms with van der Waals surface area (Å²) in [6.45, 7) is 2.22. The third kappa shape index (κ3) is 8.19. The van der Waals surface area contributed by atoms with E-state index in [0.29, 0.717) is 24.7 Å². The molecule has 0 amide bonds. The summed E-state index contributed by atoms with van der Waals surface area (Å²) in [5.74, 6) is 3.99. The molecule has 34 heavy (non-hydrogen) atoms. The van der Waals surface area contributed by atoms with E-state index in [1.807, 2.05) is 6.07 Å². The van der Waals surface area contributed by atoms with Gasteiger partial charge < -0.3 is 4.74 Å². The van der Waals surface area contributed by atoms with Gasteiger partial charge in [-0.25, -0.2) is 8.78 Å². The van der Waals surface area contributed by atoms with Crippen LogP contribution in [0.5, 0.6) is 5.75 Å². The Morgan fingerprint density at radius 2 is 1.35 bits per heavy atom. The second-order valence-corrected chi connectivity index (χ2v) is 11.2. The van der Waals surface area contributed by atoms with E-state index in [1.165, 1.54) is 77.4 Å². The first kappa shape index (κ1) is 27.4. The van der Waals surface area contributed by atoms with E-state index in [4.69, 9.17) is 4.74 Å². The second-order valence-electron chi connectivity index (χ2n) is 11.2. The Morgan fingerprint density at radius 3 is 1.82 bits per heavy atom. The highest BCUT2D eigenvalue weighted by atomic mass is 19.1. The molecule has 194 valence electrons. The molecule has 0 atom stereocenters. The lowest BCUT2D eigenvalue weighted by Gasteiger charge is -2.37. The molecule has 0 N–H and O–H groups in total. The predicted octanol–water partition coefficient (Wildman–Crippen LogP) is 9.59. The van der Waals surface area contributed by atoms with Crippen LogP contribution in [0.1, 0.15) is 115 Å². The molecule has 0 heterocycles. The summed E-state index contributed by atoms with van der Waals surface area (Å²) in [6, 6.07) is 5.04.